The highest BCUT2D eigenvalue weighted by Gasteiger charge is 2.12. The second kappa shape index (κ2) is 6.69. The molecule has 0 aromatic heterocycles. The Labute approximate surface area is 132 Å². The molecule has 0 atom stereocenters. The summed E-state index contributed by atoms with van der Waals surface area (Å²) in [6.07, 6.45) is 0. The Bertz CT molecular complexity index is 800. The molecule has 0 bridgehead atoms. The van der Waals surface area contributed by atoms with E-state index in [1.54, 1.807) is 19.1 Å². The second-order valence-electron chi connectivity index (χ2n) is 4.98. The minimum Gasteiger partial charge on any atom is -0.380 e. The van der Waals surface area contributed by atoms with Crippen LogP contribution in [-0.4, -0.2) is 16.7 Å². The first-order valence-corrected chi connectivity index (χ1v) is 6.75. The lowest BCUT2D eigenvalue weighted by atomic mass is 10.1. The third kappa shape index (κ3) is 3.91. The molecule has 0 amide bonds. The van der Waals surface area contributed by atoms with Crippen LogP contribution in [0.1, 0.15) is 27.0 Å². The van der Waals surface area contributed by atoms with E-state index in [1.807, 2.05) is 13.0 Å². The van der Waals surface area contributed by atoms with Crippen molar-refractivity contribution in [2.45, 2.75) is 13.8 Å². The van der Waals surface area contributed by atoms with Crippen molar-refractivity contribution in [3.63, 3.8) is 0 Å². The maximum absolute atomic E-state index is 12.0. The number of nitro groups is 1. The monoisotopic (exact) mass is 313 g/mol. The number of nitrogens with zero attached hydrogens (tertiary/aromatic N) is 2. The first kappa shape index (κ1) is 16.2. The predicted octanol–water partition coefficient (Wildman–Crippen LogP) is 2.69. The zero-order valence-corrected chi connectivity index (χ0v) is 12.6. The van der Waals surface area contributed by atoms with Crippen molar-refractivity contribution in [1.29, 1.82) is 0 Å². The Kier molecular flexibility index (Phi) is 4.70. The summed E-state index contributed by atoms with van der Waals surface area (Å²) in [5, 5.41) is 14.3. The molecule has 7 heteroatoms. The van der Waals surface area contributed by atoms with Gasteiger partial charge < -0.3 is 10.6 Å². The highest BCUT2D eigenvalue weighted by molar-refractivity contribution is 5.98. The number of oxime groups is 1. The first-order chi connectivity index (χ1) is 10.9. The van der Waals surface area contributed by atoms with Gasteiger partial charge in [0.2, 0.25) is 0 Å². The van der Waals surface area contributed by atoms with Crippen LogP contribution in [0, 0.1) is 24.0 Å². The zero-order chi connectivity index (χ0) is 17.0. The van der Waals surface area contributed by atoms with Crippen LogP contribution in [0.5, 0.6) is 0 Å². The molecule has 0 saturated carbocycles. The minimum absolute atomic E-state index is 0.119. The Morgan fingerprint density at radius 2 is 1.96 bits per heavy atom. The number of aryl methyl sites for hydroxylation is 2. The van der Waals surface area contributed by atoms with Crippen LogP contribution in [0.2, 0.25) is 0 Å². The third-order valence-electron chi connectivity index (χ3n) is 3.18. The molecule has 0 aliphatic heterocycles. The van der Waals surface area contributed by atoms with Crippen LogP contribution in [0.4, 0.5) is 5.69 Å². The van der Waals surface area contributed by atoms with Gasteiger partial charge in [0.25, 0.3) is 5.69 Å². The molecule has 118 valence electrons. The molecule has 0 heterocycles. The minimum atomic E-state index is -0.643. The number of non-ortho nitro benzene ring substituents is 1. The van der Waals surface area contributed by atoms with E-state index >= 15 is 0 Å². The van der Waals surface area contributed by atoms with E-state index in [2.05, 4.69) is 5.16 Å². The summed E-state index contributed by atoms with van der Waals surface area (Å²) in [6, 6.07) is 10.9. The van der Waals surface area contributed by atoms with Gasteiger partial charge in [-0.15, -0.1) is 0 Å². The fourth-order valence-electron chi connectivity index (χ4n) is 2.01. The van der Waals surface area contributed by atoms with E-state index < -0.39 is 10.9 Å². The van der Waals surface area contributed by atoms with Gasteiger partial charge in [-0.1, -0.05) is 35.0 Å². The van der Waals surface area contributed by atoms with E-state index in [0.717, 1.165) is 11.1 Å². The van der Waals surface area contributed by atoms with Crippen molar-refractivity contribution < 1.29 is 14.6 Å². The molecular formula is C16H15N3O4. The number of benzene rings is 2. The molecule has 2 rings (SSSR count). The van der Waals surface area contributed by atoms with Crippen LogP contribution in [0.15, 0.2) is 47.6 Å². The summed E-state index contributed by atoms with van der Waals surface area (Å²) in [5.74, 6) is -0.761. The molecular weight excluding hydrogens is 298 g/mol. The van der Waals surface area contributed by atoms with Crippen LogP contribution in [-0.2, 0) is 4.84 Å². The average Bonchev–Trinajstić information content (AvgIpc) is 2.52. The van der Waals surface area contributed by atoms with E-state index in [0.29, 0.717) is 11.1 Å². The second-order valence-corrected chi connectivity index (χ2v) is 4.98. The lowest BCUT2D eigenvalue weighted by Gasteiger charge is -2.04. The maximum Gasteiger partial charge on any atom is 0.366 e. The van der Waals surface area contributed by atoms with Crippen molar-refractivity contribution in [3.8, 4) is 0 Å². The number of rotatable bonds is 4. The van der Waals surface area contributed by atoms with E-state index in [1.165, 1.54) is 24.3 Å². The van der Waals surface area contributed by atoms with Crippen molar-refractivity contribution >= 4 is 17.5 Å². The van der Waals surface area contributed by atoms with E-state index in [4.69, 9.17) is 10.6 Å². The Hall–Kier alpha value is -3.22. The number of nitro benzene ring substituents is 1. The quantitative estimate of drug-likeness (QED) is 0.307. The van der Waals surface area contributed by atoms with Crippen molar-refractivity contribution in [2.24, 2.45) is 10.9 Å². The molecule has 23 heavy (non-hydrogen) atoms. The van der Waals surface area contributed by atoms with E-state index in [-0.39, 0.29) is 11.5 Å². The van der Waals surface area contributed by atoms with Gasteiger partial charge in [0.1, 0.15) is 0 Å². The number of carbonyl (C=O) groups excluding carboxylic acids is 1. The number of nitrogens with two attached hydrogens (primary N) is 1. The largest absolute Gasteiger partial charge is 0.380 e. The molecule has 0 unspecified atom stereocenters. The number of hydrogen-bond donors (Lipinski definition) is 1. The highest BCUT2D eigenvalue weighted by atomic mass is 16.7. The fourth-order valence-corrected chi connectivity index (χ4v) is 2.01. The van der Waals surface area contributed by atoms with Crippen LogP contribution in [0.25, 0.3) is 0 Å². The summed E-state index contributed by atoms with van der Waals surface area (Å²) < 4.78 is 0. The first-order valence-electron chi connectivity index (χ1n) is 6.75. The van der Waals surface area contributed by atoms with Gasteiger partial charge in [0, 0.05) is 17.7 Å². The van der Waals surface area contributed by atoms with Crippen LogP contribution in [0.3, 0.4) is 0 Å². The lowest BCUT2D eigenvalue weighted by molar-refractivity contribution is -0.384. The number of amidine groups is 1. The van der Waals surface area contributed by atoms with Gasteiger partial charge in [-0.2, -0.15) is 0 Å². The summed E-state index contributed by atoms with van der Waals surface area (Å²) >= 11 is 0. The standard InChI is InChI=1S/C16H15N3O4/c1-10-6-7-14(11(2)8-10)16(20)23-18-15(17)12-4-3-5-13(9-12)19(21)22/h3-9H,1-2H3,(H2,17,18). The van der Waals surface area contributed by atoms with Gasteiger partial charge in [0.05, 0.1) is 10.5 Å². The van der Waals surface area contributed by atoms with Gasteiger partial charge >= 0.3 is 5.97 Å². The predicted molar refractivity (Wildman–Crippen MR) is 85.2 cm³/mol. The van der Waals surface area contributed by atoms with Gasteiger partial charge in [-0.25, -0.2) is 4.79 Å². The highest BCUT2D eigenvalue weighted by Crippen LogP contribution is 2.14. The molecule has 0 saturated heterocycles. The van der Waals surface area contributed by atoms with E-state index in [9.17, 15) is 14.9 Å². The molecule has 0 aliphatic rings. The fraction of sp³-hybridized carbons (Fsp3) is 0.125. The average molecular weight is 313 g/mol. The number of carbonyl (C=O) groups is 1. The summed E-state index contributed by atoms with van der Waals surface area (Å²) in [6.45, 7) is 3.71. The summed E-state index contributed by atoms with van der Waals surface area (Å²) in [4.78, 5) is 27.0. The molecule has 2 aromatic carbocycles. The van der Waals surface area contributed by atoms with Gasteiger partial charge in [-0.3, -0.25) is 10.1 Å². The molecule has 7 nitrogen and oxygen atoms in total. The Morgan fingerprint density at radius 3 is 2.61 bits per heavy atom. The van der Waals surface area contributed by atoms with Crippen molar-refractivity contribution in [3.05, 3.63) is 74.8 Å². The molecule has 0 radical (unpaired) electrons. The Balaban J connectivity index is 2.17. The topological polar surface area (TPSA) is 108 Å². The maximum atomic E-state index is 12.0. The SMILES string of the molecule is Cc1ccc(C(=O)O/N=C(/N)c2cccc([N+](=O)[O-])c2)c(C)c1. The smallest absolute Gasteiger partial charge is 0.366 e. The van der Waals surface area contributed by atoms with Crippen molar-refractivity contribution in [1.82, 2.24) is 0 Å². The molecule has 0 spiro atoms. The molecule has 2 N–H and O–H groups in total. The van der Waals surface area contributed by atoms with Crippen LogP contribution >= 0.6 is 0 Å². The summed E-state index contributed by atoms with van der Waals surface area (Å²) in [5.41, 5.74) is 8.05. The number of hydrogen-bond acceptors (Lipinski definition) is 5. The molecule has 0 aliphatic carbocycles. The van der Waals surface area contributed by atoms with Crippen LogP contribution < -0.4 is 5.73 Å². The van der Waals surface area contributed by atoms with Crippen molar-refractivity contribution in [2.75, 3.05) is 0 Å². The Morgan fingerprint density at radius 1 is 1.22 bits per heavy atom. The summed E-state index contributed by atoms with van der Waals surface area (Å²) in [7, 11) is 0. The normalized spacial score (nSPS) is 11.1. The van der Waals surface area contributed by atoms with Gasteiger partial charge in [0.15, 0.2) is 5.84 Å². The molecule has 2 aromatic rings. The van der Waals surface area contributed by atoms with Gasteiger partial charge in [-0.05, 0) is 25.5 Å². The zero-order valence-electron chi connectivity index (χ0n) is 12.6. The molecule has 0 fully saturated rings. The third-order valence-corrected chi connectivity index (χ3v) is 3.18. The lowest BCUT2D eigenvalue weighted by Crippen LogP contribution is -2.15.